The van der Waals surface area contributed by atoms with Crippen molar-refractivity contribution in [2.45, 2.75) is 37.2 Å². The number of piperazine rings is 1. The third kappa shape index (κ3) is 3.79. The Labute approximate surface area is 196 Å². The van der Waals surface area contributed by atoms with Gasteiger partial charge in [0, 0.05) is 26.2 Å². The molecule has 3 aliphatic heterocycles. The number of rotatable bonds is 5. The number of likely N-dealkylation sites (tertiary alicyclic amines) is 1. The highest BCUT2D eigenvalue weighted by Gasteiger charge is 2.64. The van der Waals surface area contributed by atoms with Crippen LogP contribution in [-0.2, 0) is 27.4 Å². The highest BCUT2D eigenvalue weighted by Crippen LogP contribution is 2.41. The van der Waals surface area contributed by atoms with Gasteiger partial charge in [-0.15, -0.1) is 0 Å². The Morgan fingerprint density at radius 3 is 2.32 bits per heavy atom. The fourth-order valence-corrected chi connectivity index (χ4v) is 5.34. The van der Waals surface area contributed by atoms with Crippen molar-refractivity contribution in [1.82, 2.24) is 14.7 Å². The third-order valence-corrected chi connectivity index (χ3v) is 7.03. The molecule has 8 nitrogen and oxygen atoms in total. The fourth-order valence-electron chi connectivity index (χ4n) is 5.34. The van der Waals surface area contributed by atoms with Crippen LogP contribution in [0.25, 0.3) is 0 Å². The summed E-state index contributed by atoms with van der Waals surface area (Å²) in [7, 11) is 1.31. The molecule has 178 valence electrons. The summed E-state index contributed by atoms with van der Waals surface area (Å²) in [6, 6.07) is 12.3. The normalized spacial score (nSPS) is 24.3. The molecule has 3 heterocycles. The van der Waals surface area contributed by atoms with E-state index >= 15 is 0 Å². The number of aliphatic hydroxyl groups excluding tert-OH is 1. The van der Waals surface area contributed by atoms with E-state index in [9.17, 15) is 23.9 Å². The summed E-state index contributed by atoms with van der Waals surface area (Å²) in [6.07, 6.45) is -0.368. The summed E-state index contributed by atoms with van der Waals surface area (Å²) in [5.74, 6) is -1.33. The number of β-amino-alcohol motifs (C(OH)–C–C–N with tert-alkyl or cyclic N) is 1. The molecule has 1 spiro atoms. The van der Waals surface area contributed by atoms with Gasteiger partial charge in [0.25, 0.3) is 5.91 Å². The molecule has 2 unspecified atom stereocenters. The van der Waals surface area contributed by atoms with Crippen LogP contribution in [0, 0.1) is 5.82 Å². The van der Waals surface area contributed by atoms with E-state index in [-0.39, 0.29) is 30.7 Å². The van der Waals surface area contributed by atoms with Crippen molar-refractivity contribution in [2.24, 2.45) is 0 Å². The van der Waals surface area contributed by atoms with Crippen LogP contribution in [0.1, 0.15) is 27.9 Å². The lowest BCUT2D eigenvalue weighted by atomic mass is 9.82. The highest BCUT2D eigenvalue weighted by molar-refractivity contribution is 6.06. The van der Waals surface area contributed by atoms with Gasteiger partial charge >= 0.3 is 5.97 Å². The molecule has 0 aliphatic carbocycles. The van der Waals surface area contributed by atoms with Gasteiger partial charge in [-0.25, -0.2) is 9.18 Å². The third-order valence-electron chi connectivity index (χ3n) is 7.03. The maximum absolute atomic E-state index is 13.7. The van der Waals surface area contributed by atoms with Crippen molar-refractivity contribution < 1.29 is 28.6 Å². The molecule has 2 atom stereocenters. The van der Waals surface area contributed by atoms with E-state index in [4.69, 9.17) is 4.74 Å². The Hall–Kier alpha value is -3.14. The minimum Gasteiger partial charge on any atom is -0.465 e. The summed E-state index contributed by atoms with van der Waals surface area (Å²) < 4.78 is 17.9. The predicted molar refractivity (Wildman–Crippen MR) is 119 cm³/mol. The first-order chi connectivity index (χ1) is 16.3. The van der Waals surface area contributed by atoms with E-state index in [0.29, 0.717) is 31.6 Å². The number of ether oxygens (including phenoxy) is 1. The van der Waals surface area contributed by atoms with E-state index < -0.39 is 23.7 Å². The van der Waals surface area contributed by atoms with E-state index in [1.807, 2.05) is 4.90 Å². The number of aliphatic hydroxyl groups is 1. The van der Waals surface area contributed by atoms with Crippen LogP contribution < -0.4 is 0 Å². The molecule has 1 N–H and O–H groups in total. The zero-order valence-corrected chi connectivity index (χ0v) is 18.8. The summed E-state index contributed by atoms with van der Waals surface area (Å²) >= 11 is 0. The van der Waals surface area contributed by atoms with Gasteiger partial charge in [-0.05, 0) is 41.8 Å². The molecule has 5 rings (SSSR count). The Bertz CT molecular complexity index is 1110. The van der Waals surface area contributed by atoms with Gasteiger partial charge in [0.15, 0.2) is 0 Å². The molecule has 0 radical (unpaired) electrons. The molecule has 2 aromatic rings. The minimum absolute atomic E-state index is 0.0965. The summed E-state index contributed by atoms with van der Waals surface area (Å²) in [4.78, 5) is 43.9. The largest absolute Gasteiger partial charge is 0.465 e. The Balaban J connectivity index is 1.36. The molecule has 2 amide bonds. The van der Waals surface area contributed by atoms with Gasteiger partial charge in [0.1, 0.15) is 11.4 Å². The number of carbonyl (C=O) groups excluding carboxylic acids is 3. The molecule has 0 saturated carbocycles. The highest BCUT2D eigenvalue weighted by atomic mass is 19.1. The van der Waals surface area contributed by atoms with Crippen molar-refractivity contribution in [3.63, 3.8) is 0 Å². The van der Waals surface area contributed by atoms with E-state index in [0.717, 1.165) is 11.1 Å². The molecule has 0 aromatic heterocycles. The number of imide groups is 1. The maximum atomic E-state index is 13.7. The predicted octanol–water partition coefficient (Wildman–Crippen LogP) is 1.17. The molecular weight excluding hydrogens is 441 g/mol. The molecule has 34 heavy (non-hydrogen) atoms. The van der Waals surface area contributed by atoms with Crippen LogP contribution in [0.3, 0.4) is 0 Å². The van der Waals surface area contributed by atoms with E-state index in [1.165, 1.54) is 24.1 Å². The van der Waals surface area contributed by atoms with Crippen molar-refractivity contribution in [3.05, 3.63) is 71.0 Å². The van der Waals surface area contributed by atoms with Crippen molar-refractivity contribution in [1.29, 1.82) is 0 Å². The lowest BCUT2D eigenvalue weighted by Gasteiger charge is -2.58. The number of nitrogens with zero attached hydrogens (tertiary/aromatic N) is 3. The van der Waals surface area contributed by atoms with Crippen LogP contribution in [0.5, 0.6) is 0 Å². The molecule has 0 bridgehead atoms. The lowest BCUT2D eigenvalue weighted by Crippen LogP contribution is -2.81. The number of halogens is 1. The SMILES string of the molecule is COC(=O)c1ccc(CN2C(=O)C3CC(O)CN3C3(CN(Cc4ccc(F)cc4)C3)C2=O)cc1. The van der Waals surface area contributed by atoms with E-state index in [2.05, 4.69) is 4.90 Å². The first kappa shape index (κ1) is 22.6. The minimum atomic E-state index is -0.873. The second-order valence-corrected chi connectivity index (χ2v) is 9.28. The fraction of sp³-hybridized carbons (Fsp3) is 0.400. The standard InChI is InChI=1S/C25H26FN3O5/c1-34-23(32)18-6-2-17(3-7-18)12-28-22(31)21-10-20(30)13-29(21)25(24(28)33)14-27(15-25)11-16-4-8-19(26)9-5-16/h2-9,20-21,30H,10-15H2,1H3. The van der Waals surface area contributed by atoms with Crippen molar-refractivity contribution in [2.75, 3.05) is 26.7 Å². The van der Waals surface area contributed by atoms with Gasteiger partial charge < -0.3 is 9.84 Å². The van der Waals surface area contributed by atoms with Crippen LogP contribution in [0.15, 0.2) is 48.5 Å². The molecular formula is C25H26FN3O5. The zero-order valence-electron chi connectivity index (χ0n) is 18.8. The van der Waals surface area contributed by atoms with Gasteiger partial charge in [0.2, 0.25) is 5.91 Å². The Kier molecular flexibility index (Phi) is 5.71. The molecule has 3 aliphatic rings. The van der Waals surface area contributed by atoms with Gasteiger partial charge in [-0.3, -0.25) is 24.3 Å². The topological polar surface area (TPSA) is 90.4 Å². The summed E-state index contributed by atoms with van der Waals surface area (Å²) in [6.45, 7) is 1.81. The van der Waals surface area contributed by atoms with Crippen LogP contribution in [0.4, 0.5) is 4.39 Å². The van der Waals surface area contributed by atoms with Crippen LogP contribution in [-0.4, -0.2) is 82.0 Å². The number of carbonyl (C=O) groups is 3. The molecule has 3 fully saturated rings. The van der Waals surface area contributed by atoms with E-state index in [1.54, 1.807) is 36.4 Å². The Morgan fingerprint density at radius 2 is 1.68 bits per heavy atom. The number of hydrogen-bond donors (Lipinski definition) is 1. The van der Waals surface area contributed by atoms with Crippen LogP contribution in [0.2, 0.25) is 0 Å². The van der Waals surface area contributed by atoms with Gasteiger partial charge in [-0.1, -0.05) is 24.3 Å². The molecule has 2 aromatic carbocycles. The van der Waals surface area contributed by atoms with Crippen molar-refractivity contribution in [3.8, 4) is 0 Å². The number of methoxy groups -OCH3 is 1. The first-order valence-electron chi connectivity index (χ1n) is 11.3. The average Bonchev–Trinajstić information content (AvgIpc) is 3.21. The number of benzene rings is 2. The number of amides is 2. The second kappa shape index (κ2) is 8.57. The molecule has 9 heteroatoms. The van der Waals surface area contributed by atoms with Crippen molar-refractivity contribution >= 4 is 17.8 Å². The summed E-state index contributed by atoms with van der Waals surface area (Å²) in [5.41, 5.74) is 1.18. The second-order valence-electron chi connectivity index (χ2n) is 9.28. The monoisotopic (exact) mass is 467 g/mol. The number of fused-ring (bicyclic) bond motifs is 2. The molecule has 3 saturated heterocycles. The quantitative estimate of drug-likeness (QED) is 0.522. The van der Waals surface area contributed by atoms with Gasteiger partial charge in [0.05, 0.1) is 31.4 Å². The maximum Gasteiger partial charge on any atom is 0.337 e. The zero-order chi connectivity index (χ0) is 24.0. The number of esters is 1. The smallest absolute Gasteiger partial charge is 0.337 e. The summed E-state index contributed by atoms with van der Waals surface area (Å²) in [5, 5.41) is 10.3. The van der Waals surface area contributed by atoms with Crippen LogP contribution >= 0.6 is 0 Å². The lowest BCUT2D eigenvalue weighted by molar-refractivity contribution is -0.181. The average molecular weight is 467 g/mol. The Morgan fingerprint density at radius 1 is 1.06 bits per heavy atom. The number of hydrogen-bond acceptors (Lipinski definition) is 7. The van der Waals surface area contributed by atoms with Gasteiger partial charge in [-0.2, -0.15) is 0 Å². The first-order valence-corrected chi connectivity index (χ1v) is 11.3.